The lowest BCUT2D eigenvalue weighted by molar-refractivity contribution is -0.112. The van der Waals surface area contributed by atoms with Crippen LogP contribution in [0.4, 0.5) is 0 Å². The molecule has 0 spiro atoms. The second kappa shape index (κ2) is 4.26. The number of hydrogen-bond donors (Lipinski definition) is 2. The van der Waals surface area contributed by atoms with Gasteiger partial charge in [-0.1, -0.05) is 0 Å². The third-order valence-electron chi connectivity index (χ3n) is 0.574. The van der Waals surface area contributed by atoms with E-state index >= 15 is 0 Å². The molecule has 0 aliphatic heterocycles. The maximum Gasteiger partial charge on any atom is 0.221 e. The lowest BCUT2D eigenvalue weighted by atomic mass is 10.4. The van der Waals surface area contributed by atoms with Gasteiger partial charge in [0.05, 0.1) is 6.04 Å². The van der Waals surface area contributed by atoms with Crippen LogP contribution >= 0.6 is 0 Å². The van der Waals surface area contributed by atoms with Crippen molar-refractivity contribution in [3.8, 4) is 0 Å². The molecule has 2 N–H and O–H groups in total. The van der Waals surface area contributed by atoms with E-state index in [2.05, 4.69) is 10.9 Å². The minimum atomic E-state index is -0.319. The Kier molecular flexibility index (Phi) is 3.78. The van der Waals surface area contributed by atoms with Crippen molar-refractivity contribution < 1.29 is 9.59 Å². The summed E-state index contributed by atoms with van der Waals surface area (Å²) in [6, 6.07) is -0.319. The lowest BCUT2D eigenvalue weighted by Gasteiger charge is -2.01. The molecule has 1 atom stereocenters. The Balaban J connectivity index is 3.09. The van der Waals surface area contributed by atoms with Crippen molar-refractivity contribution in [3.05, 3.63) is 0 Å². The van der Waals surface area contributed by atoms with Gasteiger partial charge in [-0.25, -0.2) is 5.43 Å². The summed E-state index contributed by atoms with van der Waals surface area (Å²) in [4.78, 5) is 19.3. The molecule has 0 radical (unpaired) electrons. The normalized spacial score (nSPS) is 12.1. The molecule has 0 aromatic carbocycles. The zero-order valence-electron chi connectivity index (χ0n) is 4.55. The van der Waals surface area contributed by atoms with Crippen LogP contribution in [0.25, 0.3) is 0 Å². The molecular weight excluding hydrogens is 108 g/mol. The third-order valence-corrected chi connectivity index (χ3v) is 0.574. The SMILES string of the molecule is C[C@H](C=O)NNC=O. The minimum Gasteiger partial charge on any atom is -0.302 e. The fourth-order valence-corrected chi connectivity index (χ4v) is 0.199. The molecule has 46 valence electrons. The van der Waals surface area contributed by atoms with Crippen molar-refractivity contribution in [1.29, 1.82) is 0 Å². The second-order valence-corrected chi connectivity index (χ2v) is 1.33. The quantitative estimate of drug-likeness (QED) is 0.359. The molecule has 0 saturated carbocycles. The zero-order valence-corrected chi connectivity index (χ0v) is 4.55. The van der Waals surface area contributed by atoms with Gasteiger partial charge in [0.25, 0.3) is 0 Å². The van der Waals surface area contributed by atoms with Crippen LogP contribution in [0.1, 0.15) is 6.92 Å². The first-order valence-corrected chi connectivity index (χ1v) is 2.21. The number of carbonyl (C=O) groups excluding carboxylic acids is 2. The van der Waals surface area contributed by atoms with Gasteiger partial charge in [-0.15, -0.1) is 0 Å². The van der Waals surface area contributed by atoms with Crippen LogP contribution in [-0.4, -0.2) is 18.7 Å². The summed E-state index contributed by atoms with van der Waals surface area (Å²) in [5.41, 5.74) is 4.53. The number of aldehydes is 1. The van der Waals surface area contributed by atoms with Gasteiger partial charge in [-0.2, -0.15) is 0 Å². The molecule has 8 heavy (non-hydrogen) atoms. The summed E-state index contributed by atoms with van der Waals surface area (Å²) >= 11 is 0. The van der Waals surface area contributed by atoms with Gasteiger partial charge in [0, 0.05) is 0 Å². The van der Waals surface area contributed by atoms with Crippen LogP contribution in [0.2, 0.25) is 0 Å². The standard InChI is InChI=1S/C4H8N2O2/c1-4(2-7)6-5-3-8/h2-4,6H,1H3,(H,5,8)/t4-/m1/s1. The minimum absolute atomic E-state index is 0.319. The van der Waals surface area contributed by atoms with Gasteiger partial charge in [0.2, 0.25) is 6.41 Å². The lowest BCUT2D eigenvalue weighted by Crippen LogP contribution is -2.38. The van der Waals surface area contributed by atoms with Crippen molar-refractivity contribution in [1.82, 2.24) is 10.9 Å². The van der Waals surface area contributed by atoms with Gasteiger partial charge in [0.1, 0.15) is 6.29 Å². The summed E-state index contributed by atoms with van der Waals surface area (Å²) in [6.07, 6.45) is 1.16. The van der Waals surface area contributed by atoms with E-state index in [9.17, 15) is 9.59 Å². The van der Waals surface area contributed by atoms with Crippen LogP contribution < -0.4 is 10.9 Å². The Morgan fingerprint density at radius 1 is 1.50 bits per heavy atom. The first kappa shape index (κ1) is 7.10. The molecule has 0 fully saturated rings. The first-order valence-electron chi connectivity index (χ1n) is 2.21. The summed E-state index contributed by atoms with van der Waals surface area (Å²) in [5, 5.41) is 0. The topological polar surface area (TPSA) is 58.2 Å². The first-order chi connectivity index (χ1) is 3.81. The molecule has 0 aromatic heterocycles. The highest BCUT2D eigenvalue weighted by molar-refractivity contribution is 5.57. The summed E-state index contributed by atoms with van der Waals surface area (Å²) in [5.74, 6) is 0. The molecule has 0 unspecified atom stereocenters. The Bertz CT molecular complexity index is 84.1. The van der Waals surface area contributed by atoms with Crippen molar-refractivity contribution in [2.75, 3.05) is 0 Å². The van der Waals surface area contributed by atoms with E-state index in [4.69, 9.17) is 0 Å². The maximum absolute atomic E-state index is 9.79. The Morgan fingerprint density at radius 3 is 2.50 bits per heavy atom. The van der Waals surface area contributed by atoms with Gasteiger partial charge in [-0.05, 0) is 6.92 Å². The second-order valence-electron chi connectivity index (χ2n) is 1.33. The summed E-state index contributed by atoms with van der Waals surface area (Å²) in [6.45, 7) is 1.63. The van der Waals surface area contributed by atoms with E-state index in [1.807, 2.05) is 0 Å². The van der Waals surface area contributed by atoms with Crippen LogP contribution in [0.5, 0.6) is 0 Å². The molecular formula is C4H8N2O2. The fraction of sp³-hybridized carbons (Fsp3) is 0.500. The van der Waals surface area contributed by atoms with Crippen molar-refractivity contribution >= 4 is 12.7 Å². The van der Waals surface area contributed by atoms with Gasteiger partial charge in [-0.3, -0.25) is 10.2 Å². The molecule has 0 aliphatic rings. The van der Waals surface area contributed by atoms with Crippen LogP contribution in [0.3, 0.4) is 0 Å². The van der Waals surface area contributed by atoms with Crippen LogP contribution in [-0.2, 0) is 9.59 Å². The zero-order chi connectivity index (χ0) is 6.41. The molecule has 4 nitrogen and oxygen atoms in total. The summed E-state index contributed by atoms with van der Waals surface area (Å²) < 4.78 is 0. The highest BCUT2D eigenvalue weighted by atomic mass is 16.1. The van der Waals surface area contributed by atoms with Crippen molar-refractivity contribution in [2.45, 2.75) is 13.0 Å². The molecule has 0 aromatic rings. The maximum atomic E-state index is 9.79. The molecule has 4 heteroatoms. The molecule has 0 heterocycles. The Hall–Kier alpha value is -0.900. The smallest absolute Gasteiger partial charge is 0.221 e. The van der Waals surface area contributed by atoms with E-state index < -0.39 is 0 Å². The van der Waals surface area contributed by atoms with Crippen LogP contribution in [0.15, 0.2) is 0 Å². The number of amides is 1. The molecule has 0 bridgehead atoms. The van der Waals surface area contributed by atoms with E-state index in [-0.39, 0.29) is 6.04 Å². The summed E-state index contributed by atoms with van der Waals surface area (Å²) in [7, 11) is 0. The van der Waals surface area contributed by atoms with Gasteiger partial charge < -0.3 is 4.79 Å². The Labute approximate surface area is 47.2 Å². The third kappa shape index (κ3) is 3.30. The predicted octanol–water partition coefficient (Wildman–Crippen LogP) is -1.18. The predicted molar refractivity (Wildman–Crippen MR) is 27.9 cm³/mol. The monoisotopic (exact) mass is 116 g/mol. The number of carbonyl (C=O) groups is 2. The highest BCUT2D eigenvalue weighted by Crippen LogP contribution is 1.64. The van der Waals surface area contributed by atoms with E-state index in [0.717, 1.165) is 0 Å². The largest absolute Gasteiger partial charge is 0.302 e. The van der Waals surface area contributed by atoms with Gasteiger partial charge >= 0.3 is 0 Å². The number of nitrogens with one attached hydrogen (secondary N) is 2. The molecule has 0 rings (SSSR count). The van der Waals surface area contributed by atoms with Crippen LogP contribution in [0, 0.1) is 0 Å². The number of hydrazine groups is 1. The van der Waals surface area contributed by atoms with E-state index in [1.165, 1.54) is 0 Å². The highest BCUT2D eigenvalue weighted by Gasteiger charge is 1.92. The van der Waals surface area contributed by atoms with E-state index in [1.54, 1.807) is 6.92 Å². The molecule has 0 saturated heterocycles. The Morgan fingerprint density at radius 2 is 2.12 bits per heavy atom. The molecule has 1 amide bonds. The fourth-order valence-electron chi connectivity index (χ4n) is 0.199. The average Bonchev–Trinajstić information content (AvgIpc) is 1.83. The van der Waals surface area contributed by atoms with E-state index in [0.29, 0.717) is 12.7 Å². The molecule has 0 aliphatic carbocycles. The van der Waals surface area contributed by atoms with Crippen molar-refractivity contribution in [3.63, 3.8) is 0 Å². The van der Waals surface area contributed by atoms with Gasteiger partial charge in [0.15, 0.2) is 0 Å². The number of hydrogen-bond acceptors (Lipinski definition) is 3. The average molecular weight is 116 g/mol. The van der Waals surface area contributed by atoms with Crippen molar-refractivity contribution in [2.24, 2.45) is 0 Å². The number of rotatable bonds is 4.